The number of hydrogen-bond donors (Lipinski definition) is 3. The number of amides is 1. The van der Waals surface area contributed by atoms with E-state index in [-0.39, 0.29) is 25.4 Å². The average molecular weight is 334 g/mol. The summed E-state index contributed by atoms with van der Waals surface area (Å²) in [4.78, 5) is 26.5. The van der Waals surface area contributed by atoms with E-state index < -0.39 is 11.5 Å². The van der Waals surface area contributed by atoms with Crippen LogP contribution in [0.15, 0.2) is 24.4 Å². The van der Waals surface area contributed by atoms with E-state index in [0.717, 1.165) is 16.5 Å². The number of carbonyl (C=O) groups excluding carboxylic acids is 1. The molecule has 1 atom stereocenters. The predicted molar refractivity (Wildman–Crippen MR) is 89.2 cm³/mol. The molecule has 0 saturated carbocycles. The van der Waals surface area contributed by atoms with Gasteiger partial charge in [0.1, 0.15) is 5.75 Å². The molecule has 0 bridgehead atoms. The molecule has 0 aliphatic rings. The molecule has 0 fully saturated rings. The van der Waals surface area contributed by atoms with Crippen LogP contribution in [-0.4, -0.2) is 48.3 Å². The summed E-state index contributed by atoms with van der Waals surface area (Å²) >= 11 is 0. The average Bonchev–Trinajstić information content (AvgIpc) is 2.88. The number of ether oxygens (including phenoxy) is 2. The van der Waals surface area contributed by atoms with Crippen LogP contribution in [0, 0.1) is 0 Å². The van der Waals surface area contributed by atoms with Gasteiger partial charge in [-0.2, -0.15) is 0 Å². The zero-order chi connectivity index (χ0) is 17.7. The lowest BCUT2D eigenvalue weighted by Gasteiger charge is -2.28. The smallest absolute Gasteiger partial charge is 0.305 e. The molecule has 7 heteroatoms. The van der Waals surface area contributed by atoms with E-state index >= 15 is 0 Å². The first-order valence-corrected chi connectivity index (χ1v) is 7.52. The van der Waals surface area contributed by atoms with Gasteiger partial charge < -0.3 is 24.9 Å². The molecule has 7 nitrogen and oxygen atoms in total. The molecule has 1 unspecified atom stereocenters. The van der Waals surface area contributed by atoms with Crippen LogP contribution in [0.1, 0.15) is 18.9 Å². The topological polar surface area (TPSA) is 101 Å². The first kappa shape index (κ1) is 17.8. The second-order valence-electron chi connectivity index (χ2n) is 6.01. The molecule has 0 aliphatic carbocycles. The number of rotatable bonds is 8. The van der Waals surface area contributed by atoms with Gasteiger partial charge in [0.05, 0.1) is 32.1 Å². The summed E-state index contributed by atoms with van der Waals surface area (Å²) in [5.41, 5.74) is 0.766. The van der Waals surface area contributed by atoms with Crippen molar-refractivity contribution in [3.05, 3.63) is 30.0 Å². The second kappa shape index (κ2) is 7.35. The van der Waals surface area contributed by atoms with E-state index in [9.17, 15) is 9.59 Å². The Morgan fingerprint density at radius 2 is 2.08 bits per heavy atom. The normalized spacial score (nSPS) is 13.5. The van der Waals surface area contributed by atoms with Gasteiger partial charge in [-0.3, -0.25) is 9.59 Å². The Hall–Kier alpha value is -2.54. The zero-order valence-corrected chi connectivity index (χ0v) is 14.0. The van der Waals surface area contributed by atoms with Crippen molar-refractivity contribution in [1.82, 2.24) is 10.3 Å². The minimum Gasteiger partial charge on any atom is -0.497 e. The molecule has 2 rings (SSSR count). The maximum atomic E-state index is 12.4. The third-order valence-electron chi connectivity index (χ3n) is 3.77. The van der Waals surface area contributed by atoms with E-state index in [2.05, 4.69) is 10.3 Å². The highest BCUT2D eigenvalue weighted by Gasteiger charge is 2.29. The quantitative estimate of drug-likeness (QED) is 0.682. The Bertz CT molecular complexity index is 740. The van der Waals surface area contributed by atoms with E-state index in [4.69, 9.17) is 14.6 Å². The number of benzene rings is 1. The van der Waals surface area contributed by atoms with Crippen LogP contribution < -0.4 is 10.1 Å². The van der Waals surface area contributed by atoms with Gasteiger partial charge in [-0.25, -0.2) is 0 Å². The highest BCUT2D eigenvalue weighted by molar-refractivity contribution is 5.90. The number of carboxylic acids is 1. The molecule has 1 heterocycles. The largest absolute Gasteiger partial charge is 0.497 e. The third kappa shape index (κ3) is 4.26. The predicted octanol–water partition coefficient (Wildman–Crippen LogP) is 1.72. The fourth-order valence-electron chi connectivity index (χ4n) is 2.77. The SMILES string of the molecule is COCC(C)(CC(=O)O)NC(=O)Cc1c[nH]c2ccc(OC)cc12. The molecule has 1 amide bonds. The summed E-state index contributed by atoms with van der Waals surface area (Å²) in [6.07, 6.45) is 1.69. The van der Waals surface area contributed by atoms with Crippen molar-refractivity contribution in [1.29, 1.82) is 0 Å². The van der Waals surface area contributed by atoms with Crippen molar-refractivity contribution in [3.63, 3.8) is 0 Å². The van der Waals surface area contributed by atoms with Gasteiger partial charge in [-0.15, -0.1) is 0 Å². The first-order chi connectivity index (χ1) is 11.4. The molecular weight excluding hydrogens is 312 g/mol. The summed E-state index contributed by atoms with van der Waals surface area (Å²) in [6, 6.07) is 5.58. The molecule has 130 valence electrons. The number of carbonyl (C=O) groups is 2. The van der Waals surface area contributed by atoms with Crippen molar-refractivity contribution in [3.8, 4) is 5.75 Å². The van der Waals surface area contributed by atoms with Gasteiger partial charge in [0.2, 0.25) is 5.91 Å². The number of aromatic nitrogens is 1. The Balaban J connectivity index is 2.15. The molecule has 1 aromatic heterocycles. The Morgan fingerprint density at radius 3 is 2.71 bits per heavy atom. The number of H-pyrrole nitrogens is 1. The number of methoxy groups -OCH3 is 2. The van der Waals surface area contributed by atoms with Gasteiger partial charge in [0, 0.05) is 24.2 Å². The lowest BCUT2D eigenvalue weighted by atomic mass is 9.98. The fourth-order valence-corrected chi connectivity index (χ4v) is 2.77. The van der Waals surface area contributed by atoms with Crippen molar-refractivity contribution in [2.45, 2.75) is 25.3 Å². The molecule has 0 saturated heterocycles. The fraction of sp³-hybridized carbons (Fsp3) is 0.412. The molecule has 0 aliphatic heterocycles. The van der Waals surface area contributed by atoms with Crippen LogP contribution in [0.3, 0.4) is 0 Å². The maximum Gasteiger partial charge on any atom is 0.305 e. The second-order valence-corrected chi connectivity index (χ2v) is 6.01. The Labute approximate surface area is 140 Å². The van der Waals surface area contributed by atoms with Crippen molar-refractivity contribution >= 4 is 22.8 Å². The minimum absolute atomic E-state index is 0.118. The highest BCUT2D eigenvalue weighted by Crippen LogP contribution is 2.24. The standard InChI is InChI=1S/C17H22N2O5/c1-17(10-23-2,8-16(21)22)19-15(20)6-11-9-18-14-5-4-12(24-3)7-13(11)14/h4-5,7,9,18H,6,8,10H2,1-3H3,(H,19,20)(H,21,22). The van der Waals surface area contributed by atoms with E-state index in [1.54, 1.807) is 20.2 Å². The summed E-state index contributed by atoms with van der Waals surface area (Å²) < 4.78 is 10.3. The molecule has 3 N–H and O–H groups in total. The third-order valence-corrected chi connectivity index (χ3v) is 3.77. The van der Waals surface area contributed by atoms with E-state index in [0.29, 0.717) is 5.75 Å². The van der Waals surface area contributed by atoms with E-state index in [1.807, 2.05) is 18.2 Å². The first-order valence-electron chi connectivity index (χ1n) is 7.52. The van der Waals surface area contributed by atoms with Crippen LogP contribution in [0.5, 0.6) is 5.75 Å². The summed E-state index contributed by atoms with van der Waals surface area (Å²) in [6.45, 7) is 1.77. The lowest BCUT2D eigenvalue weighted by Crippen LogP contribution is -2.51. The molecule has 1 aromatic carbocycles. The van der Waals surface area contributed by atoms with Gasteiger partial charge in [0.15, 0.2) is 0 Å². The molecule has 24 heavy (non-hydrogen) atoms. The van der Waals surface area contributed by atoms with Crippen LogP contribution in [0.25, 0.3) is 10.9 Å². The van der Waals surface area contributed by atoms with Gasteiger partial charge in [-0.05, 0) is 30.7 Å². The van der Waals surface area contributed by atoms with Crippen LogP contribution in [-0.2, 0) is 20.7 Å². The number of aromatic amines is 1. The van der Waals surface area contributed by atoms with Crippen molar-refractivity contribution < 1.29 is 24.2 Å². The molecule has 0 radical (unpaired) electrons. The molecule has 0 spiro atoms. The number of aliphatic carboxylic acids is 1. The molecular formula is C17H22N2O5. The number of carboxylic acid groups (broad SMARTS) is 1. The van der Waals surface area contributed by atoms with Gasteiger partial charge in [0.25, 0.3) is 0 Å². The van der Waals surface area contributed by atoms with Crippen molar-refractivity contribution in [2.75, 3.05) is 20.8 Å². The van der Waals surface area contributed by atoms with Crippen molar-refractivity contribution in [2.24, 2.45) is 0 Å². The monoisotopic (exact) mass is 334 g/mol. The van der Waals surface area contributed by atoms with Crippen LogP contribution in [0.4, 0.5) is 0 Å². The highest BCUT2D eigenvalue weighted by atomic mass is 16.5. The summed E-state index contributed by atoms with van der Waals surface area (Å²) in [7, 11) is 3.06. The van der Waals surface area contributed by atoms with Crippen LogP contribution >= 0.6 is 0 Å². The Morgan fingerprint density at radius 1 is 1.33 bits per heavy atom. The van der Waals surface area contributed by atoms with Gasteiger partial charge in [-0.1, -0.05) is 0 Å². The maximum absolute atomic E-state index is 12.4. The van der Waals surface area contributed by atoms with Gasteiger partial charge >= 0.3 is 5.97 Å². The molecule has 2 aromatic rings. The summed E-state index contributed by atoms with van der Waals surface area (Å²) in [5.74, 6) is -0.551. The Kier molecular flexibility index (Phi) is 5.46. The van der Waals surface area contributed by atoms with E-state index in [1.165, 1.54) is 7.11 Å². The lowest BCUT2D eigenvalue weighted by molar-refractivity contribution is -0.139. The number of hydrogen-bond acceptors (Lipinski definition) is 4. The number of fused-ring (bicyclic) bond motifs is 1. The van der Waals surface area contributed by atoms with Crippen LogP contribution in [0.2, 0.25) is 0 Å². The minimum atomic E-state index is -0.994. The summed E-state index contributed by atoms with van der Waals surface area (Å²) in [5, 5.41) is 12.7. The zero-order valence-electron chi connectivity index (χ0n) is 14.0. The number of nitrogens with one attached hydrogen (secondary N) is 2.